The van der Waals surface area contributed by atoms with Crippen LogP contribution in [-0.4, -0.2) is 34.5 Å². The third kappa shape index (κ3) is 4.55. The Morgan fingerprint density at radius 1 is 0.968 bits per heavy atom. The second-order valence-corrected chi connectivity index (χ2v) is 10.1. The summed E-state index contributed by atoms with van der Waals surface area (Å²) in [7, 11) is 1.58. The Labute approximate surface area is 197 Å². The molecule has 4 rings (SSSR count). The largest absolute Gasteiger partial charge is 0.497 e. The summed E-state index contributed by atoms with van der Waals surface area (Å²) in [5.41, 5.74) is 1.22. The van der Waals surface area contributed by atoms with E-state index in [0.717, 1.165) is 5.56 Å². The van der Waals surface area contributed by atoms with E-state index in [2.05, 4.69) is 31.9 Å². The fourth-order valence-corrected chi connectivity index (χ4v) is 5.35. The molecule has 2 aromatic rings. The van der Waals surface area contributed by atoms with Crippen LogP contribution in [0.3, 0.4) is 0 Å². The predicted molar refractivity (Wildman–Crippen MR) is 123 cm³/mol. The van der Waals surface area contributed by atoms with Crippen molar-refractivity contribution in [3.63, 3.8) is 0 Å². The molecule has 2 amide bonds. The lowest BCUT2D eigenvalue weighted by Crippen LogP contribution is -2.34. The van der Waals surface area contributed by atoms with Gasteiger partial charge in [0.15, 0.2) is 0 Å². The van der Waals surface area contributed by atoms with E-state index in [0.29, 0.717) is 30.0 Å². The number of halogens is 2. The van der Waals surface area contributed by atoms with Crippen LogP contribution in [0.5, 0.6) is 11.5 Å². The number of anilines is 1. The number of carbonyl (C=O) groups is 3. The SMILES string of the molecule is COc1ccc(CC(=O)Oc2cccc(N3C(=O)C4CC(Br)C(Br)CC4C3=O)c2)cc1. The number of imide groups is 1. The average molecular weight is 551 g/mol. The molecule has 6 nitrogen and oxygen atoms in total. The second-order valence-electron chi connectivity index (χ2n) is 7.72. The number of hydrogen-bond acceptors (Lipinski definition) is 5. The van der Waals surface area contributed by atoms with E-state index in [1.165, 1.54) is 4.90 Å². The van der Waals surface area contributed by atoms with Gasteiger partial charge >= 0.3 is 5.97 Å². The van der Waals surface area contributed by atoms with Crippen molar-refractivity contribution in [2.75, 3.05) is 12.0 Å². The molecule has 2 aromatic carbocycles. The number of rotatable bonds is 5. The number of esters is 1. The van der Waals surface area contributed by atoms with E-state index in [9.17, 15) is 14.4 Å². The number of amides is 2. The Morgan fingerprint density at radius 3 is 2.16 bits per heavy atom. The van der Waals surface area contributed by atoms with E-state index in [-0.39, 0.29) is 39.7 Å². The molecule has 1 heterocycles. The first-order valence-electron chi connectivity index (χ1n) is 9.97. The fourth-order valence-electron chi connectivity index (χ4n) is 4.11. The molecule has 0 radical (unpaired) electrons. The Kier molecular flexibility index (Phi) is 6.48. The molecule has 8 heteroatoms. The lowest BCUT2D eigenvalue weighted by Gasteiger charge is -2.29. The number of methoxy groups -OCH3 is 1. The van der Waals surface area contributed by atoms with Crippen LogP contribution in [0.4, 0.5) is 5.69 Å². The van der Waals surface area contributed by atoms with E-state index >= 15 is 0 Å². The highest BCUT2D eigenvalue weighted by Gasteiger charge is 2.52. The van der Waals surface area contributed by atoms with Crippen LogP contribution in [-0.2, 0) is 20.8 Å². The molecule has 1 saturated carbocycles. The predicted octanol–water partition coefficient (Wildman–Crippen LogP) is 4.27. The molecule has 1 saturated heterocycles. The summed E-state index contributed by atoms with van der Waals surface area (Å²) in [6.07, 6.45) is 1.32. The zero-order valence-electron chi connectivity index (χ0n) is 16.8. The molecule has 0 spiro atoms. The van der Waals surface area contributed by atoms with Crippen LogP contribution >= 0.6 is 31.9 Å². The van der Waals surface area contributed by atoms with Crippen LogP contribution in [0.2, 0.25) is 0 Å². The van der Waals surface area contributed by atoms with Gasteiger partial charge in [0.05, 0.1) is 31.1 Å². The third-order valence-electron chi connectivity index (χ3n) is 5.73. The van der Waals surface area contributed by atoms with E-state index < -0.39 is 5.97 Å². The molecule has 162 valence electrons. The monoisotopic (exact) mass is 549 g/mol. The molecule has 1 aliphatic heterocycles. The Hall–Kier alpha value is -2.19. The van der Waals surface area contributed by atoms with Gasteiger partial charge in [0.25, 0.3) is 0 Å². The van der Waals surface area contributed by atoms with Gasteiger partial charge in [0.1, 0.15) is 11.5 Å². The highest BCUT2D eigenvalue weighted by atomic mass is 79.9. The molecule has 4 unspecified atom stereocenters. The van der Waals surface area contributed by atoms with Crippen LogP contribution < -0.4 is 14.4 Å². The number of ether oxygens (including phenoxy) is 2. The minimum atomic E-state index is -0.431. The Balaban J connectivity index is 1.47. The highest BCUT2D eigenvalue weighted by Crippen LogP contribution is 2.44. The number of benzene rings is 2. The lowest BCUT2D eigenvalue weighted by molar-refractivity contribution is -0.133. The number of hydrogen-bond donors (Lipinski definition) is 0. The summed E-state index contributed by atoms with van der Waals surface area (Å²) < 4.78 is 10.6. The maximum absolute atomic E-state index is 13.0. The normalized spacial score (nSPS) is 25.3. The lowest BCUT2D eigenvalue weighted by atomic mass is 9.81. The van der Waals surface area contributed by atoms with Gasteiger partial charge in [-0.2, -0.15) is 0 Å². The quantitative estimate of drug-likeness (QED) is 0.240. The molecule has 0 bridgehead atoms. The first-order valence-corrected chi connectivity index (χ1v) is 11.8. The number of fused-ring (bicyclic) bond motifs is 1. The van der Waals surface area contributed by atoms with Crippen molar-refractivity contribution in [1.82, 2.24) is 0 Å². The van der Waals surface area contributed by atoms with Crippen molar-refractivity contribution in [3.8, 4) is 11.5 Å². The average Bonchev–Trinajstić information content (AvgIpc) is 2.98. The van der Waals surface area contributed by atoms with Gasteiger partial charge < -0.3 is 9.47 Å². The van der Waals surface area contributed by atoms with Gasteiger partial charge in [-0.05, 0) is 42.7 Å². The first kappa shape index (κ1) is 22.0. The van der Waals surface area contributed by atoms with Gasteiger partial charge in [-0.3, -0.25) is 14.4 Å². The van der Waals surface area contributed by atoms with Crippen molar-refractivity contribution in [2.45, 2.75) is 28.9 Å². The van der Waals surface area contributed by atoms with Crippen molar-refractivity contribution in [1.29, 1.82) is 0 Å². The molecule has 1 aliphatic carbocycles. The maximum Gasteiger partial charge on any atom is 0.315 e. The van der Waals surface area contributed by atoms with Gasteiger partial charge in [-0.15, -0.1) is 0 Å². The smallest absolute Gasteiger partial charge is 0.315 e. The topological polar surface area (TPSA) is 72.9 Å². The standard InChI is InChI=1S/C23H21Br2NO5/c1-30-15-7-5-13(6-8-15)9-21(27)31-16-4-2-3-14(10-16)26-22(28)17-11-19(24)20(25)12-18(17)23(26)29/h2-8,10,17-20H,9,11-12H2,1H3. The summed E-state index contributed by atoms with van der Waals surface area (Å²) >= 11 is 7.19. The van der Waals surface area contributed by atoms with Crippen molar-refractivity contribution >= 4 is 55.3 Å². The second kappa shape index (κ2) is 9.12. The van der Waals surface area contributed by atoms with Gasteiger partial charge in [-0.1, -0.05) is 50.1 Å². The highest BCUT2D eigenvalue weighted by molar-refractivity contribution is 9.12. The Bertz CT molecular complexity index is 981. The summed E-state index contributed by atoms with van der Waals surface area (Å²) in [5, 5.41) is 0. The van der Waals surface area contributed by atoms with Crippen LogP contribution in [0, 0.1) is 11.8 Å². The van der Waals surface area contributed by atoms with Crippen molar-refractivity contribution in [2.24, 2.45) is 11.8 Å². The van der Waals surface area contributed by atoms with Gasteiger partial charge in [0.2, 0.25) is 11.8 Å². The summed E-state index contributed by atoms with van der Waals surface area (Å²) in [6, 6.07) is 13.7. The van der Waals surface area contributed by atoms with Gasteiger partial charge in [-0.25, -0.2) is 4.90 Å². The van der Waals surface area contributed by atoms with Crippen LogP contribution in [0.25, 0.3) is 0 Å². The van der Waals surface area contributed by atoms with Crippen LogP contribution in [0.15, 0.2) is 48.5 Å². The molecule has 2 aliphatic rings. The molecule has 2 fully saturated rings. The molecule has 4 atom stereocenters. The minimum Gasteiger partial charge on any atom is -0.497 e. The minimum absolute atomic E-state index is 0.0965. The van der Waals surface area contributed by atoms with Crippen LogP contribution in [0.1, 0.15) is 18.4 Å². The Morgan fingerprint density at radius 2 is 1.58 bits per heavy atom. The van der Waals surface area contributed by atoms with E-state index in [1.807, 2.05) is 0 Å². The van der Waals surface area contributed by atoms with Crippen molar-refractivity contribution < 1.29 is 23.9 Å². The summed E-state index contributed by atoms with van der Waals surface area (Å²) in [6.45, 7) is 0. The maximum atomic E-state index is 13.0. The molecular formula is C23H21Br2NO5. The molecule has 31 heavy (non-hydrogen) atoms. The summed E-state index contributed by atoms with van der Waals surface area (Å²) in [5.74, 6) is -0.467. The van der Waals surface area contributed by atoms with E-state index in [1.54, 1.807) is 55.6 Å². The number of alkyl halides is 2. The zero-order valence-corrected chi connectivity index (χ0v) is 20.0. The molecule has 0 aromatic heterocycles. The molecule has 0 N–H and O–H groups in total. The molecular weight excluding hydrogens is 530 g/mol. The van der Waals surface area contributed by atoms with Gasteiger partial charge in [0, 0.05) is 15.7 Å². The summed E-state index contributed by atoms with van der Waals surface area (Å²) in [4.78, 5) is 39.9. The third-order valence-corrected chi connectivity index (χ3v) is 8.46. The zero-order chi connectivity index (χ0) is 22.1. The fraction of sp³-hybridized carbons (Fsp3) is 0.348. The van der Waals surface area contributed by atoms with E-state index in [4.69, 9.17) is 9.47 Å². The number of carbonyl (C=O) groups excluding carboxylic acids is 3. The first-order chi connectivity index (χ1) is 14.9. The van der Waals surface area contributed by atoms with Crippen molar-refractivity contribution in [3.05, 3.63) is 54.1 Å². The number of nitrogens with zero attached hydrogens (tertiary/aromatic N) is 1.